The summed E-state index contributed by atoms with van der Waals surface area (Å²) in [6.45, 7) is 3.87. The Balaban J connectivity index is 1.71. The molecule has 0 saturated carbocycles. The molecule has 4 heteroatoms. The van der Waals surface area contributed by atoms with Crippen molar-refractivity contribution in [2.75, 3.05) is 6.54 Å². The molecular formula is C14H17FN2S. The molecule has 0 radical (unpaired) electrons. The zero-order valence-electron chi connectivity index (χ0n) is 10.4. The van der Waals surface area contributed by atoms with Crippen molar-refractivity contribution in [2.24, 2.45) is 0 Å². The molecule has 0 unspecified atom stereocenters. The van der Waals surface area contributed by atoms with Crippen LogP contribution in [0.15, 0.2) is 30.5 Å². The van der Waals surface area contributed by atoms with E-state index in [2.05, 4.69) is 17.2 Å². The summed E-state index contributed by atoms with van der Waals surface area (Å²) in [5, 5.41) is 4.56. The van der Waals surface area contributed by atoms with Crippen molar-refractivity contribution < 1.29 is 4.39 Å². The van der Waals surface area contributed by atoms with Gasteiger partial charge in [0.2, 0.25) is 0 Å². The van der Waals surface area contributed by atoms with Crippen LogP contribution in [0.5, 0.6) is 0 Å². The topological polar surface area (TPSA) is 24.9 Å². The lowest BCUT2D eigenvalue weighted by Gasteiger charge is -2.03. The second-order valence-corrected chi connectivity index (χ2v) is 5.33. The van der Waals surface area contributed by atoms with Crippen LogP contribution in [0.4, 0.5) is 4.39 Å². The summed E-state index contributed by atoms with van der Waals surface area (Å²) in [5.74, 6) is -0.177. The van der Waals surface area contributed by atoms with Gasteiger partial charge in [-0.05, 0) is 37.1 Å². The number of rotatable bonds is 6. The van der Waals surface area contributed by atoms with Crippen LogP contribution < -0.4 is 5.32 Å². The van der Waals surface area contributed by atoms with E-state index in [1.807, 2.05) is 18.3 Å². The van der Waals surface area contributed by atoms with E-state index in [9.17, 15) is 4.39 Å². The number of halogens is 1. The predicted octanol–water partition coefficient (Wildman–Crippen LogP) is 3.18. The van der Waals surface area contributed by atoms with E-state index in [-0.39, 0.29) is 5.82 Å². The van der Waals surface area contributed by atoms with Gasteiger partial charge >= 0.3 is 0 Å². The molecule has 0 amide bonds. The van der Waals surface area contributed by atoms with Gasteiger partial charge in [-0.1, -0.05) is 19.1 Å². The molecule has 0 aliphatic carbocycles. The van der Waals surface area contributed by atoms with Crippen molar-refractivity contribution >= 4 is 11.3 Å². The molecule has 2 aromatic rings. The van der Waals surface area contributed by atoms with Crippen molar-refractivity contribution in [3.05, 3.63) is 51.7 Å². The number of hydrogen-bond donors (Lipinski definition) is 1. The minimum absolute atomic E-state index is 0.177. The average Bonchev–Trinajstić information content (AvgIpc) is 2.85. The Labute approximate surface area is 111 Å². The fourth-order valence-corrected chi connectivity index (χ4v) is 2.52. The average molecular weight is 264 g/mol. The molecule has 0 saturated heterocycles. The Morgan fingerprint density at radius 3 is 2.72 bits per heavy atom. The predicted molar refractivity (Wildman–Crippen MR) is 73.3 cm³/mol. The Hall–Kier alpha value is -1.26. The van der Waals surface area contributed by atoms with Gasteiger partial charge in [0.25, 0.3) is 0 Å². The van der Waals surface area contributed by atoms with Gasteiger partial charge in [0.1, 0.15) is 5.82 Å². The van der Waals surface area contributed by atoms with Gasteiger partial charge in [-0.2, -0.15) is 0 Å². The molecule has 1 aromatic carbocycles. The fourth-order valence-electron chi connectivity index (χ4n) is 1.69. The maximum absolute atomic E-state index is 12.7. The standard InChI is InChI=1S/C14H17FN2S/c1-2-14-17-10-13(18-14)9-16-8-7-11-3-5-12(15)6-4-11/h3-6,10,16H,2,7-9H2,1H3. The maximum atomic E-state index is 12.7. The first-order chi connectivity index (χ1) is 8.78. The lowest BCUT2D eigenvalue weighted by atomic mass is 10.1. The SMILES string of the molecule is CCc1ncc(CNCCc2ccc(F)cc2)s1. The van der Waals surface area contributed by atoms with E-state index >= 15 is 0 Å². The molecule has 0 aliphatic rings. The number of aromatic nitrogens is 1. The number of hydrogen-bond acceptors (Lipinski definition) is 3. The van der Waals surface area contributed by atoms with Crippen LogP contribution in [0.3, 0.4) is 0 Å². The van der Waals surface area contributed by atoms with Crippen LogP contribution in [0, 0.1) is 5.82 Å². The monoisotopic (exact) mass is 264 g/mol. The van der Waals surface area contributed by atoms with E-state index in [1.54, 1.807) is 11.3 Å². The highest BCUT2D eigenvalue weighted by atomic mass is 32.1. The third-order valence-electron chi connectivity index (χ3n) is 2.71. The van der Waals surface area contributed by atoms with Gasteiger partial charge in [0.15, 0.2) is 0 Å². The maximum Gasteiger partial charge on any atom is 0.123 e. The summed E-state index contributed by atoms with van der Waals surface area (Å²) >= 11 is 1.76. The summed E-state index contributed by atoms with van der Waals surface area (Å²) in [6.07, 6.45) is 3.86. The zero-order chi connectivity index (χ0) is 12.8. The first-order valence-corrected chi connectivity index (χ1v) is 6.98. The second kappa shape index (κ2) is 6.61. The van der Waals surface area contributed by atoms with Gasteiger partial charge in [-0.3, -0.25) is 0 Å². The van der Waals surface area contributed by atoms with Gasteiger partial charge in [0, 0.05) is 17.6 Å². The Kier molecular flexibility index (Phi) is 4.84. The first kappa shape index (κ1) is 13.2. The molecule has 1 aromatic heterocycles. The smallest absolute Gasteiger partial charge is 0.123 e. The Bertz CT molecular complexity index is 479. The fraction of sp³-hybridized carbons (Fsp3) is 0.357. The summed E-state index contributed by atoms with van der Waals surface area (Å²) < 4.78 is 12.7. The largest absolute Gasteiger partial charge is 0.311 e. The van der Waals surface area contributed by atoms with Crippen LogP contribution in [0.1, 0.15) is 22.4 Å². The number of nitrogens with one attached hydrogen (secondary N) is 1. The molecule has 0 aliphatic heterocycles. The molecule has 1 N–H and O–H groups in total. The van der Waals surface area contributed by atoms with E-state index in [0.717, 1.165) is 31.5 Å². The molecule has 0 atom stereocenters. The minimum Gasteiger partial charge on any atom is -0.311 e. The molecule has 0 fully saturated rings. The third kappa shape index (κ3) is 3.89. The number of nitrogens with zero attached hydrogens (tertiary/aromatic N) is 1. The molecule has 18 heavy (non-hydrogen) atoms. The highest BCUT2D eigenvalue weighted by Gasteiger charge is 1.99. The lowest BCUT2D eigenvalue weighted by molar-refractivity contribution is 0.626. The Morgan fingerprint density at radius 1 is 1.28 bits per heavy atom. The molecule has 1 heterocycles. The molecular weight excluding hydrogens is 247 g/mol. The van der Waals surface area contributed by atoms with Crippen LogP contribution in [0.2, 0.25) is 0 Å². The van der Waals surface area contributed by atoms with E-state index in [0.29, 0.717) is 0 Å². The van der Waals surface area contributed by atoms with Gasteiger partial charge in [0.05, 0.1) is 5.01 Å². The molecule has 0 spiro atoms. The van der Waals surface area contributed by atoms with Gasteiger partial charge < -0.3 is 5.32 Å². The number of benzene rings is 1. The minimum atomic E-state index is -0.177. The molecule has 2 nitrogen and oxygen atoms in total. The molecule has 0 bridgehead atoms. The Morgan fingerprint density at radius 2 is 2.06 bits per heavy atom. The normalized spacial score (nSPS) is 10.8. The summed E-state index contributed by atoms with van der Waals surface area (Å²) in [7, 11) is 0. The van der Waals surface area contributed by atoms with E-state index in [4.69, 9.17) is 0 Å². The summed E-state index contributed by atoms with van der Waals surface area (Å²) in [5.41, 5.74) is 1.16. The first-order valence-electron chi connectivity index (χ1n) is 6.16. The molecule has 96 valence electrons. The highest BCUT2D eigenvalue weighted by molar-refractivity contribution is 7.11. The van der Waals surface area contributed by atoms with Crippen LogP contribution in [-0.2, 0) is 19.4 Å². The quantitative estimate of drug-likeness (QED) is 0.811. The summed E-state index contributed by atoms with van der Waals surface area (Å²) in [6, 6.07) is 6.68. The lowest BCUT2D eigenvalue weighted by Crippen LogP contribution is -2.15. The van der Waals surface area contributed by atoms with E-state index in [1.165, 1.54) is 22.0 Å². The summed E-state index contributed by atoms with van der Waals surface area (Å²) in [4.78, 5) is 5.59. The van der Waals surface area contributed by atoms with Crippen molar-refractivity contribution in [1.82, 2.24) is 10.3 Å². The van der Waals surface area contributed by atoms with E-state index < -0.39 is 0 Å². The number of aryl methyl sites for hydroxylation is 1. The third-order valence-corrected chi connectivity index (χ3v) is 3.85. The zero-order valence-corrected chi connectivity index (χ0v) is 11.3. The van der Waals surface area contributed by atoms with Crippen molar-refractivity contribution in [3.8, 4) is 0 Å². The van der Waals surface area contributed by atoms with Crippen LogP contribution >= 0.6 is 11.3 Å². The van der Waals surface area contributed by atoms with Crippen molar-refractivity contribution in [2.45, 2.75) is 26.3 Å². The van der Waals surface area contributed by atoms with Gasteiger partial charge in [-0.15, -0.1) is 11.3 Å². The van der Waals surface area contributed by atoms with Crippen molar-refractivity contribution in [3.63, 3.8) is 0 Å². The highest BCUT2D eigenvalue weighted by Crippen LogP contribution is 2.12. The second-order valence-electron chi connectivity index (χ2n) is 4.13. The number of thiazole rings is 1. The molecule has 2 rings (SSSR count). The van der Waals surface area contributed by atoms with Gasteiger partial charge in [-0.25, -0.2) is 9.37 Å². The van der Waals surface area contributed by atoms with Crippen LogP contribution in [0.25, 0.3) is 0 Å². The van der Waals surface area contributed by atoms with Crippen molar-refractivity contribution in [1.29, 1.82) is 0 Å². The van der Waals surface area contributed by atoms with Crippen LogP contribution in [-0.4, -0.2) is 11.5 Å².